The van der Waals surface area contributed by atoms with Crippen LogP contribution in [-0.4, -0.2) is 11.3 Å². The molecule has 2 aliphatic heterocycles. The van der Waals surface area contributed by atoms with Crippen LogP contribution in [0.3, 0.4) is 0 Å². The Kier molecular flexibility index (Phi) is 12.2. The number of unbranched alkanes of at least 4 members (excludes halogenated alkanes) is 1. The second kappa shape index (κ2) is 20.3. The maximum atomic E-state index is 4.48. The predicted molar refractivity (Wildman–Crippen MR) is 367 cm³/mol. The van der Waals surface area contributed by atoms with Crippen LogP contribution in [0.1, 0.15) is 51.7 Å². The van der Waals surface area contributed by atoms with Crippen molar-refractivity contribution in [2.45, 2.75) is 52.4 Å². The van der Waals surface area contributed by atoms with Crippen LogP contribution in [0.4, 0.5) is 28.4 Å². The van der Waals surface area contributed by atoms with Crippen LogP contribution in [0.15, 0.2) is 261 Å². The average Bonchev–Trinajstić information content (AvgIpc) is 1.32. The lowest BCUT2D eigenvalue weighted by Crippen LogP contribution is -2.60. The van der Waals surface area contributed by atoms with E-state index in [1.807, 2.05) is 11.3 Å². The Labute approximate surface area is 502 Å². The Bertz CT molecular complexity index is 4820. The molecular weight excluding hydrogens is 1050 g/mol. The zero-order valence-electron chi connectivity index (χ0n) is 48.3. The van der Waals surface area contributed by atoms with E-state index in [1.165, 1.54) is 137 Å². The summed E-state index contributed by atoms with van der Waals surface area (Å²) in [6.07, 6.45) is 3.16. The number of rotatable bonds is 10. The summed E-state index contributed by atoms with van der Waals surface area (Å²) in [5.41, 5.74) is 27.7. The minimum atomic E-state index is -0.212. The maximum Gasteiger partial charge on any atom is 0.252 e. The molecule has 0 unspecified atom stereocenters. The number of thiophene rings is 1. The average molecular weight is 1110 g/mol. The van der Waals surface area contributed by atoms with Crippen LogP contribution in [-0.2, 0) is 11.8 Å². The molecule has 16 rings (SSSR count). The molecule has 0 fully saturated rings. The molecule has 0 saturated heterocycles. The highest BCUT2D eigenvalue weighted by molar-refractivity contribution is 7.26. The third-order valence-electron chi connectivity index (χ3n) is 18.1. The molecule has 0 bridgehead atoms. The molecule has 406 valence electrons. The number of aromatic nitrogens is 1. The molecule has 85 heavy (non-hydrogen) atoms. The van der Waals surface area contributed by atoms with Gasteiger partial charge in [-0.05, 0) is 145 Å². The van der Waals surface area contributed by atoms with E-state index in [0.717, 1.165) is 41.8 Å². The number of nitrogens with one attached hydrogen (secondary N) is 1. The molecule has 0 spiro atoms. The summed E-state index contributed by atoms with van der Waals surface area (Å²) in [6, 6.07) is 98.3. The Morgan fingerprint density at radius 1 is 0.447 bits per heavy atom. The number of para-hydroxylation sites is 2. The third-order valence-corrected chi connectivity index (χ3v) is 19.3. The molecule has 12 aromatic carbocycles. The molecule has 0 saturated carbocycles. The van der Waals surface area contributed by atoms with Crippen molar-refractivity contribution in [1.29, 1.82) is 0 Å². The number of hydrogen-bond donors (Lipinski definition) is 1. The van der Waals surface area contributed by atoms with Gasteiger partial charge in [-0.3, -0.25) is 0 Å². The van der Waals surface area contributed by atoms with Crippen LogP contribution >= 0.6 is 11.3 Å². The molecule has 0 radical (unpaired) electrons. The summed E-state index contributed by atoms with van der Waals surface area (Å²) in [7, 11) is 0. The van der Waals surface area contributed by atoms with Gasteiger partial charge >= 0.3 is 0 Å². The molecular formula is C80H62BN3S. The highest BCUT2D eigenvalue weighted by atomic mass is 32.1. The fourth-order valence-corrected chi connectivity index (χ4v) is 15.2. The fraction of sp³-hybridized carbons (Fsp3) is 0.100. The lowest BCUT2D eigenvalue weighted by atomic mass is 9.33. The van der Waals surface area contributed by atoms with Crippen LogP contribution in [0.5, 0.6) is 0 Å². The zero-order valence-corrected chi connectivity index (χ0v) is 49.1. The number of fused-ring (bicyclic) bond motifs is 10. The minimum absolute atomic E-state index is 0.155. The van der Waals surface area contributed by atoms with Crippen molar-refractivity contribution in [2.24, 2.45) is 0 Å². The normalized spacial score (nSPS) is 12.7. The Morgan fingerprint density at radius 3 is 1.64 bits per heavy atom. The van der Waals surface area contributed by atoms with Gasteiger partial charge in [0.1, 0.15) is 0 Å². The quantitative estimate of drug-likeness (QED) is 0.138. The first kappa shape index (κ1) is 51.0. The molecule has 4 heterocycles. The van der Waals surface area contributed by atoms with E-state index in [-0.39, 0.29) is 12.1 Å². The summed E-state index contributed by atoms with van der Waals surface area (Å²) in [4.78, 5) is 2.66. The van der Waals surface area contributed by atoms with E-state index in [0.29, 0.717) is 0 Å². The van der Waals surface area contributed by atoms with Gasteiger partial charge in [0.05, 0.1) is 22.4 Å². The number of nitrogens with zero attached hydrogens (tertiary/aromatic N) is 2. The molecule has 0 amide bonds. The summed E-state index contributed by atoms with van der Waals surface area (Å²) in [5, 5.41) is 9.63. The van der Waals surface area contributed by atoms with E-state index in [4.69, 9.17) is 0 Å². The van der Waals surface area contributed by atoms with Gasteiger partial charge in [0, 0.05) is 70.4 Å². The fourth-order valence-electron chi connectivity index (χ4n) is 14.1. The topological polar surface area (TPSA) is 20.2 Å². The number of anilines is 5. The minimum Gasteiger partial charge on any atom is -0.356 e. The summed E-state index contributed by atoms with van der Waals surface area (Å²) in [5.74, 6) is 0. The van der Waals surface area contributed by atoms with Crippen molar-refractivity contribution in [1.82, 2.24) is 4.57 Å². The lowest BCUT2D eigenvalue weighted by Gasteiger charge is -2.43. The van der Waals surface area contributed by atoms with Gasteiger partial charge < -0.3 is 14.8 Å². The molecule has 14 aromatic rings. The standard InChI is InChI=1S/C80H62BN3S/c1-5-6-25-55-41-45-73-75(61-36-21-24-39-72(61)85-73)74(55)76-70(83-67-37-22-19-34-59(67)60-35-20-23-38-68(60)83)44-42-64-78(76)82-66-49-58(80(2,3)4)50-71-77(66)81(64)65-48-56(51-26-11-7-12-27-51)40-43-69(65)84(71)79-62(53-30-15-9-16-31-53)46-57(52-28-13-8-14-29-52)47-63(79)54-32-17-10-18-33-54/h7-24,26-50,82H,5-6,25H2,1-4H3. The summed E-state index contributed by atoms with van der Waals surface area (Å²) < 4.78 is 5.19. The first-order valence-corrected chi connectivity index (χ1v) is 31.0. The third kappa shape index (κ3) is 8.31. The molecule has 0 atom stereocenters. The highest BCUT2D eigenvalue weighted by Gasteiger charge is 2.44. The van der Waals surface area contributed by atoms with Gasteiger partial charge in [-0.15, -0.1) is 11.3 Å². The smallest absolute Gasteiger partial charge is 0.252 e. The maximum absolute atomic E-state index is 4.48. The molecule has 2 aliphatic rings. The van der Waals surface area contributed by atoms with E-state index in [1.54, 1.807) is 0 Å². The van der Waals surface area contributed by atoms with Crippen LogP contribution in [0.2, 0.25) is 0 Å². The molecule has 1 N–H and O–H groups in total. The lowest BCUT2D eigenvalue weighted by molar-refractivity contribution is 0.591. The van der Waals surface area contributed by atoms with E-state index >= 15 is 0 Å². The summed E-state index contributed by atoms with van der Waals surface area (Å²) in [6.45, 7) is 9.28. The first-order chi connectivity index (χ1) is 41.8. The van der Waals surface area contributed by atoms with Crippen LogP contribution in [0.25, 0.3) is 103 Å². The number of aryl methyl sites for hydroxylation is 1. The monoisotopic (exact) mass is 1110 g/mol. The van der Waals surface area contributed by atoms with E-state index in [9.17, 15) is 0 Å². The Hall–Kier alpha value is -9.68. The van der Waals surface area contributed by atoms with Gasteiger partial charge in [0.2, 0.25) is 0 Å². The van der Waals surface area contributed by atoms with Gasteiger partial charge in [-0.1, -0.05) is 234 Å². The van der Waals surface area contributed by atoms with Crippen molar-refractivity contribution in [3.05, 3.63) is 272 Å². The summed E-state index contributed by atoms with van der Waals surface area (Å²) >= 11 is 1.91. The van der Waals surface area contributed by atoms with Crippen molar-refractivity contribution >= 4 is 105 Å². The second-order valence-corrected chi connectivity index (χ2v) is 25.3. The predicted octanol–water partition coefficient (Wildman–Crippen LogP) is 20.5. The SMILES string of the molecule is CCCCc1ccc2sc3ccccc3c2c1-c1c(-n2c3ccccc3c3ccccc32)ccc2c1Nc1cc(C(C)(C)C)cc3c1B2c1cc(-c2ccccc2)ccc1N3c1c(-c2ccccc2)cc(-c2ccccc2)cc1-c1ccccc1. The number of benzene rings is 12. The number of hydrogen-bond acceptors (Lipinski definition) is 3. The van der Waals surface area contributed by atoms with Crippen molar-refractivity contribution in [3.8, 4) is 61.3 Å². The highest BCUT2D eigenvalue weighted by Crippen LogP contribution is 2.54. The van der Waals surface area contributed by atoms with Gasteiger partial charge in [0.25, 0.3) is 6.71 Å². The largest absolute Gasteiger partial charge is 0.356 e. The molecule has 2 aromatic heterocycles. The van der Waals surface area contributed by atoms with Gasteiger partial charge in [0.15, 0.2) is 0 Å². The van der Waals surface area contributed by atoms with Crippen molar-refractivity contribution in [3.63, 3.8) is 0 Å². The van der Waals surface area contributed by atoms with Crippen LogP contribution in [0, 0.1) is 0 Å². The van der Waals surface area contributed by atoms with Crippen LogP contribution < -0.4 is 26.6 Å². The van der Waals surface area contributed by atoms with Crippen molar-refractivity contribution in [2.75, 3.05) is 10.2 Å². The second-order valence-electron chi connectivity index (χ2n) is 24.2. The van der Waals surface area contributed by atoms with E-state index in [2.05, 4.69) is 303 Å². The van der Waals surface area contributed by atoms with E-state index < -0.39 is 0 Å². The molecule has 0 aliphatic carbocycles. The van der Waals surface area contributed by atoms with Crippen molar-refractivity contribution < 1.29 is 0 Å². The molecule has 5 heteroatoms. The van der Waals surface area contributed by atoms with Gasteiger partial charge in [-0.25, -0.2) is 0 Å². The Balaban J connectivity index is 1.06. The van der Waals surface area contributed by atoms with Gasteiger partial charge in [-0.2, -0.15) is 0 Å². The first-order valence-electron chi connectivity index (χ1n) is 30.2. The zero-order chi connectivity index (χ0) is 56.9. The Morgan fingerprint density at radius 2 is 1.01 bits per heavy atom. The molecule has 3 nitrogen and oxygen atoms in total.